The highest BCUT2D eigenvalue weighted by Crippen LogP contribution is 2.48. The molecule has 10 nitrogen and oxygen atoms in total. The van der Waals surface area contributed by atoms with Crippen molar-refractivity contribution in [3.05, 3.63) is 166 Å². The van der Waals surface area contributed by atoms with Gasteiger partial charge in [-0.2, -0.15) is 4.73 Å². The quantitative estimate of drug-likeness (QED) is 0.0624. The summed E-state index contributed by atoms with van der Waals surface area (Å²) in [5.41, 5.74) is 4.14. The van der Waals surface area contributed by atoms with Gasteiger partial charge in [0.05, 0.1) is 29.9 Å². The van der Waals surface area contributed by atoms with Crippen LogP contribution < -0.4 is 10.0 Å². The van der Waals surface area contributed by atoms with Crippen LogP contribution in [0.3, 0.4) is 0 Å². The van der Waals surface area contributed by atoms with E-state index in [1.165, 1.54) is 36.2 Å². The van der Waals surface area contributed by atoms with Crippen molar-refractivity contribution >= 4 is 35.3 Å². The number of hydrogen-bond donors (Lipinski definition) is 2. The van der Waals surface area contributed by atoms with Crippen LogP contribution in [0.1, 0.15) is 71.6 Å². The van der Waals surface area contributed by atoms with Gasteiger partial charge in [0.25, 0.3) is 10.9 Å². The van der Waals surface area contributed by atoms with E-state index >= 15 is 0 Å². The maximum absolute atomic E-state index is 13.2. The van der Waals surface area contributed by atoms with Crippen LogP contribution in [-0.4, -0.2) is 34.8 Å². The van der Waals surface area contributed by atoms with Crippen molar-refractivity contribution in [1.82, 2.24) is 0 Å². The van der Waals surface area contributed by atoms with Gasteiger partial charge < -0.3 is 29.8 Å². The molecule has 3 heterocycles. The van der Waals surface area contributed by atoms with E-state index in [1.54, 1.807) is 30.3 Å². The summed E-state index contributed by atoms with van der Waals surface area (Å²) in [6.07, 6.45) is -0.271. The molecule has 11 heteroatoms. The number of rotatable bonds is 9. The summed E-state index contributed by atoms with van der Waals surface area (Å²) >= 11 is 1.40. The first-order valence-electron chi connectivity index (χ1n) is 15.6. The van der Waals surface area contributed by atoms with E-state index in [0.29, 0.717) is 22.0 Å². The number of hydrogen-bond acceptors (Lipinski definition) is 9. The van der Waals surface area contributed by atoms with Gasteiger partial charge in [-0.3, -0.25) is 4.79 Å². The molecule has 0 spiro atoms. The number of ether oxygens (including phenoxy) is 3. The van der Waals surface area contributed by atoms with Crippen molar-refractivity contribution in [2.75, 3.05) is 11.1 Å². The van der Waals surface area contributed by atoms with Crippen molar-refractivity contribution in [2.45, 2.75) is 36.0 Å². The lowest BCUT2D eigenvalue weighted by Crippen LogP contribution is -2.39. The number of esters is 2. The average Bonchev–Trinajstić information content (AvgIpc) is 3.43. The van der Waals surface area contributed by atoms with E-state index in [9.17, 15) is 24.7 Å². The number of thioether (sulfide) groups is 1. The third-order valence-corrected chi connectivity index (χ3v) is 9.59. The van der Waals surface area contributed by atoms with E-state index in [-0.39, 0.29) is 29.2 Å². The van der Waals surface area contributed by atoms with Crippen molar-refractivity contribution in [2.24, 2.45) is 0 Å². The third-order valence-electron chi connectivity index (χ3n) is 8.48. The summed E-state index contributed by atoms with van der Waals surface area (Å²) < 4.78 is 19.0. The fraction of sp³-hybridized carbons (Fsp3) is 0.158. The molecule has 1 saturated heterocycles. The predicted molar refractivity (Wildman–Crippen MR) is 180 cm³/mol. The molecule has 7 rings (SSSR count). The number of amides is 1. The zero-order valence-corrected chi connectivity index (χ0v) is 26.7. The van der Waals surface area contributed by atoms with Gasteiger partial charge in [-0.25, -0.2) is 9.59 Å². The number of aliphatic hydroxyl groups excluding tert-OH is 1. The van der Waals surface area contributed by atoms with Gasteiger partial charge in [0.15, 0.2) is 12.5 Å². The number of fused-ring (bicyclic) bond motifs is 1. The van der Waals surface area contributed by atoms with Crippen molar-refractivity contribution in [3.8, 4) is 0 Å². The monoisotopic (exact) mass is 674 g/mol. The van der Waals surface area contributed by atoms with E-state index in [2.05, 4.69) is 10.1 Å². The number of nitrogens with zero attached hydrogens (tertiary/aromatic N) is 1. The second-order valence-electron chi connectivity index (χ2n) is 11.6. The lowest BCUT2D eigenvalue weighted by Gasteiger charge is -2.43. The Morgan fingerprint density at radius 2 is 1.55 bits per heavy atom. The Hall–Kier alpha value is -5.33. The lowest BCUT2D eigenvalue weighted by atomic mass is 9.84. The predicted octanol–water partition coefficient (Wildman–Crippen LogP) is 6.11. The van der Waals surface area contributed by atoms with Crippen LogP contribution in [0.25, 0.3) is 0 Å². The van der Waals surface area contributed by atoms with Gasteiger partial charge in [-0.15, -0.1) is 0 Å². The highest BCUT2D eigenvalue weighted by molar-refractivity contribution is 7.99. The summed E-state index contributed by atoms with van der Waals surface area (Å²) in [6, 6.07) is 34.1. The third kappa shape index (κ3) is 6.83. The first-order chi connectivity index (χ1) is 23.9. The highest BCUT2D eigenvalue weighted by atomic mass is 32.2. The van der Waals surface area contributed by atoms with Crippen LogP contribution >= 0.6 is 11.8 Å². The second kappa shape index (κ2) is 14.0. The molecule has 4 atom stereocenters. The topological polar surface area (TPSA) is 138 Å². The minimum atomic E-state index is -0.846. The van der Waals surface area contributed by atoms with Crippen LogP contribution in [0.4, 0.5) is 5.69 Å². The molecule has 49 heavy (non-hydrogen) atoms. The number of pyridine rings is 1. The molecule has 2 N–H and O–H groups in total. The summed E-state index contributed by atoms with van der Waals surface area (Å²) in [5, 5.41) is 25.6. The maximum Gasteiger partial charge on any atom is 0.346 e. The molecule has 5 aromatic rings. The summed E-state index contributed by atoms with van der Waals surface area (Å²) in [6.45, 7) is -0.0859. The maximum atomic E-state index is 13.2. The van der Waals surface area contributed by atoms with Crippen LogP contribution in [0.5, 0.6) is 0 Å². The van der Waals surface area contributed by atoms with Gasteiger partial charge >= 0.3 is 11.9 Å². The van der Waals surface area contributed by atoms with Gasteiger partial charge in [-0.05, 0) is 53.1 Å². The van der Waals surface area contributed by atoms with Crippen LogP contribution in [0.2, 0.25) is 0 Å². The zero-order valence-electron chi connectivity index (χ0n) is 25.9. The Bertz CT molecular complexity index is 2020. The Labute approximate surface area is 285 Å². The Morgan fingerprint density at radius 1 is 0.796 bits per heavy atom. The smallest absolute Gasteiger partial charge is 0.346 e. The molecule has 0 saturated carbocycles. The fourth-order valence-electron chi connectivity index (χ4n) is 6.04. The molecule has 1 fully saturated rings. The number of nitrogens with one attached hydrogen (secondary N) is 1. The molecule has 1 aromatic heterocycles. The van der Waals surface area contributed by atoms with E-state index in [4.69, 9.17) is 9.47 Å². The van der Waals surface area contributed by atoms with E-state index in [1.807, 2.05) is 66.7 Å². The summed E-state index contributed by atoms with van der Waals surface area (Å²) in [5.74, 6) is -1.82. The lowest BCUT2D eigenvalue weighted by molar-refractivity contribution is -0.645. The molecule has 0 radical (unpaired) electrons. The molecule has 0 aliphatic carbocycles. The molecular weight excluding hydrogens is 644 g/mol. The van der Waals surface area contributed by atoms with Crippen molar-refractivity contribution in [1.29, 1.82) is 0 Å². The second-order valence-corrected chi connectivity index (χ2v) is 12.6. The van der Waals surface area contributed by atoms with Gasteiger partial charge in [-0.1, -0.05) is 78.5 Å². The number of benzene rings is 4. The standard InChI is InChI=1S/C38H30N2O8S/c41-21-23-12-14-25(15-13-23)34-33(24-7-2-1-3-8-24)31(22-49-32-11-4-5-18-40(32)45)46-38(47-34)27-9-6-10-28(19-27)39-35(42)26-16-17-29-30(20-26)37(44)48-36(29)43/h1-20,31,33-34,38,41H,21-22H2,(H,39,42)/t31-,33-,34+,38?/m1/s1. The van der Waals surface area contributed by atoms with Crippen LogP contribution in [-0.2, 0) is 20.8 Å². The Morgan fingerprint density at radius 3 is 2.33 bits per heavy atom. The van der Waals surface area contributed by atoms with E-state index in [0.717, 1.165) is 21.4 Å². The molecule has 1 unspecified atom stereocenters. The number of aromatic nitrogens is 1. The molecule has 2 aliphatic rings. The average molecular weight is 675 g/mol. The normalized spacial score (nSPS) is 20.0. The van der Waals surface area contributed by atoms with Gasteiger partial charge in [0.1, 0.15) is 0 Å². The van der Waals surface area contributed by atoms with Gasteiger partial charge in [0, 0.05) is 40.6 Å². The number of carbonyl (C=O) groups excluding carboxylic acids is 3. The fourth-order valence-corrected chi connectivity index (χ4v) is 7.02. The van der Waals surface area contributed by atoms with Gasteiger partial charge in [0.2, 0.25) is 0 Å². The Balaban J connectivity index is 1.20. The first-order valence-corrected chi connectivity index (χ1v) is 16.5. The number of cyclic esters (lactones) is 2. The van der Waals surface area contributed by atoms with Crippen molar-refractivity contribution < 1.29 is 38.4 Å². The Kier molecular flexibility index (Phi) is 9.23. The summed E-state index contributed by atoms with van der Waals surface area (Å²) in [4.78, 5) is 37.1. The van der Waals surface area contributed by atoms with Crippen LogP contribution in [0, 0.1) is 5.21 Å². The van der Waals surface area contributed by atoms with Crippen molar-refractivity contribution in [3.63, 3.8) is 0 Å². The molecule has 0 bridgehead atoms. The molecule has 1 amide bonds. The largest absolute Gasteiger partial charge is 0.618 e. The summed E-state index contributed by atoms with van der Waals surface area (Å²) in [7, 11) is 0. The minimum Gasteiger partial charge on any atom is -0.618 e. The zero-order chi connectivity index (χ0) is 33.9. The van der Waals surface area contributed by atoms with Crippen LogP contribution in [0.15, 0.2) is 126 Å². The number of aliphatic hydroxyl groups is 1. The first kappa shape index (κ1) is 32.2. The highest BCUT2D eigenvalue weighted by Gasteiger charge is 2.42. The SMILES string of the molecule is O=C(Nc1cccc(C2O[C@H](CSc3cccc[n+]3[O-])[C@@H](c3ccccc3)[C@H](c3ccc(CO)cc3)O2)c1)c1ccc2c(c1)C(=O)OC2=O. The minimum absolute atomic E-state index is 0.0448. The number of carbonyl (C=O) groups is 3. The molecule has 4 aromatic carbocycles. The molecule has 246 valence electrons. The molecule has 2 aliphatic heterocycles. The molecular formula is C38H30N2O8S. The number of anilines is 1. The van der Waals surface area contributed by atoms with E-state index < -0.39 is 36.3 Å².